The lowest BCUT2D eigenvalue weighted by molar-refractivity contribution is 0.392. The van der Waals surface area contributed by atoms with Gasteiger partial charge in [-0.05, 0) is 26.3 Å². The monoisotopic (exact) mass is 292 g/mol. The Bertz CT molecular complexity index is 841. The fraction of sp³-hybridized carbons (Fsp3) is 0.235. The average Bonchev–Trinajstić information content (AvgIpc) is 2.86. The lowest BCUT2D eigenvalue weighted by Gasteiger charge is -2.11. The van der Waals surface area contributed by atoms with Crippen molar-refractivity contribution in [2.75, 3.05) is 11.9 Å². The highest BCUT2D eigenvalue weighted by atomic mass is 16.5. The molecule has 1 aromatic carbocycles. The van der Waals surface area contributed by atoms with Crippen molar-refractivity contribution in [3.63, 3.8) is 0 Å². The third kappa shape index (κ3) is 2.51. The molecular weight excluding hydrogens is 276 g/mol. The first-order chi connectivity index (χ1) is 10.7. The van der Waals surface area contributed by atoms with Crippen LogP contribution < -0.4 is 5.32 Å². The molecule has 0 aliphatic carbocycles. The highest BCUT2D eigenvalue weighted by Crippen LogP contribution is 2.25. The van der Waals surface area contributed by atoms with Gasteiger partial charge < -0.3 is 9.84 Å². The van der Waals surface area contributed by atoms with Crippen LogP contribution in [-0.2, 0) is 6.42 Å². The Hall–Kier alpha value is -2.87. The molecule has 3 rings (SSSR count). The first-order valence-electron chi connectivity index (χ1n) is 7.14. The van der Waals surface area contributed by atoms with Gasteiger partial charge in [0.1, 0.15) is 11.8 Å². The van der Waals surface area contributed by atoms with Gasteiger partial charge in [-0.15, -0.1) is 0 Å². The molecule has 0 amide bonds. The van der Waals surface area contributed by atoms with Crippen LogP contribution in [0, 0.1) is 25.2 Å². The summed E-state index contributed by atoms with van der Waals surface area (Å²) in [5.74, 6) is 0.847. The molecular formula is C17H16N4O. The van der Waals surface area contributed by atoms with E-state index in [1.165, 1.54) is 0 Å². The minimum absolute atomic E-state index is 0.553. The van der Waals surface area contributed by atoms with Crippen LogP contribution in [0.3, 0.4) is 0 Å². The van der Waals surface area contributed by atoms with Gasteiger partial charge in [0.05, 0.1) is 22.5 Å². The van der Waals surface area contributed by atoms with Crippen LogP contribution in [0.1, 0.15) is 22.6 Å². The van der Waals surface area contributed by atoms with E-state index in [-0.39, 0.29) is 0 Å². The van der Waals surface area contributed by atoms with Gasteiger partial charge in [0.25, 0.3) is 0 Å². The van der Waals surface area contributed by atoms with Crippen molar-refractivity contribution in [3.8, 4) is 6.07 Å². The average molecular weight is 292 g/mol. The van der Waals surface area contributed by atoms with Crippen LogP contribution in [0.2, 0.25) is 0 Å². The second kappa shape index (κ2) is 5.86. The maximum atomic E-state index is 9.29. The summed E-state index contributed by atoms with van der Waals surface area (Å²) in [6.45, 7) is 4.55. The van der Waals surface area contributed by atoms with Crippen molar-refractivity contribution in [1.29, 1.82) is 5.26 Å². The van der Waals surface area contributed by atoms with E-state index in [1.54, 1.807) is 6.20 Å². The van der Waals surface area contributed by atoms with E-state index in [9.17, 15) is 5.26 Å². The van der Waals surface area contributed by atoms with E-state index in [0.717, 1.165) is 40.0 Å². The fourth-order valence-corrected chi connectivity index (χ4v) is 2.59. The fourth-order valence-electron chi connectivity index (χ4n) is 2.59. The number of anilines is 1. The molecule has 3 aromatic rings. The molecule has 0 saturated carbocycles. The van der Waals surface area contributed by atoms with Crippen molar-refractivity contribution in [3.05, 3.63) is 53.0 Å². The minimum Gasteiger partial charge on any atom is -0.383 e. The Labute approximate surface area is 128 Å². The number of fused-ring (bicyclic) bond motifs is 1. The van der Waals surface area contributed by atoms with Crippen molar-refractivity contribution >= 4 is 16.6 Å². The number of nitrogens with one attached hydrogen (secondary N) is 1. The Morgan fingerprint density at radius 3 is 2.82 bits per heavy atom. The highest BCUT2D eigenvalue weighted by molar-refractivity contribution is 5.93. The van der Waals surface area contributed by atoms with E-state index < -0.39 is 0 Å². The molecule has 110 valence electrons. The molecule has 0 saturated heterocycles. The number of hydrogen-bond donors (Lipinski definition) is 1. The van der Waals surface area contributed by atoms with Gasteiger partial charge >= 0.3 is 0 Å². The van der Waals surface area contributed by atoms with E-state index in [2.05, 4.69) is 21.5 Å². The maximum Gasteiger partial charge on any atom is 0.137 e. The lowest BCUT2D eigenvalue weighted by atomic mass is 10.1. The summed E-state index contributed by atoms with van der Waals surface area (Å²) in [4.78, 5) is 4.31. The van der Waals surface area contributed by atoms with E-state index in [0.29, 0.717) is 12.1 Å². The van der Waals surface area contributed by atoms with Crippen molar-refractivity contribution in [2.45, 2.75) is 20.3 Å². The molecule has 0 aliphatic rings. The topological polar surface area (TPSA) is 74.7 Å². The largest absolute Gasteiger partial charge is 0.383 e. The first-order valence-corrected chi connectivity index (χ1v) is 7.14. The summed E-state index contributed by atoms with van der Waals surface area (Å²) < 4.78 is 5.17. The number of pyridine rings is 1. The first kappa shape index (κ1) is 14.1. The normalized spacial score (nSPS) is 10.6. The van der Waals surface area contributed by atoms with E-state index >= 15 is 0 Å². The number of aryl methyl sites for hydroxylation is 2. The van der Waals surface area contributed by atoms with Gasteiger partial charge in [-0.3, -0.25) is 4.98 Å². The number of hydrogen-bond acceptors (Lipinski definition) is 5. The molecule has 0 spiro atoms. The molecule has 0 fully saturated rings. The molecule has 5 heteroatoms. The lowest BCUT2D eigenvalue weighted by Crippen LogP contribution is -2.08. The van der Waals surface area contributed by atoms with Crippen LogP contribution in [0.4, 0.5) is 5.69 Å². The summed E-state index contributed by atoms with van der Waals surface area (Å²) in [6, 6.07) is 10.0. The second-order valence-electron chi connectivity index (χ2n) is 5.16. The predicted octanol–water partition coefficient (Wildman–Crippen LogP) is 3.37. The quantitative estimate of drug-likeness (QED) is 0.798. The Morgan fingerprint density at radius 2 is 2.09 bits per heavy atom. The van der Waals surface area contributed by atoms with Crippen LogP contribution in [0.15, 0.2) is 35.0 Å². The van der Waals surface area contributed by atoms with Crippen molar-refractivity contribution in [1.82, 2.24) is 10.1 Å². The molecule has 0 unspecified atom stereocenters. The second-order valence-corrected chi connectivity index (χ2v) is 5.16. The molecule has 0 radical (unpaired) electrons. The maximum absolute atomic E-state index is 9.29. The van der Waals surface area contributed by atoms with Gasteiger partial charge in [-0.25, -0.2) is 0 Å². The van der Waals surface area contributed by atoms with Gasteiger partial charge in [0.2, 0.25) is 0 Å². The Kier molecular flexibility index (Phi) is 3.75. The van der Waals surface area contributed by atoms with Crippen molar-refractivity contribution < 1.29 is 4.52 Å². The Balaban J connectivity index is 1.86. The third-order valence-electron chi connectivity index (χ3n) is 3.75. The molecule has 0 atom stereocenters. The molecule has 0 bridgehead atoms. The number of para-hydroxylation sites is 1. The van der Waals surface area contributed by atoms with Gasteiger partial charge in [-0.2, -0.15) is 5.26 Å². The van der Waals surface area contributed by atoms with E-state index in [1.807, 2.05) is 38.1 Å². The molecule has 2 heterocycles. The van der Waals surface area contributed by atoms with Crippen LogP contribution in [0.25, 0.3) is 10.9 Å². The summed E-state index contributed by atoms with van der Waals surface area (Å²) in [5, 5.41) is 17.6. The number of nitrogens with zero attached hydrogens (tertiary/aromatic N) is 3. The number of rotatable bonds is 4. The summed E-state index contributed by atoms with van der Waals surface area (Å²) in [7, 11) is 0. The van der Waals surface area contributed by atoms with E-state index in [4.69, 9.17) is 4.52 Å². The Morgan fingerprint density at radius 1 is 1.27 bits per heavy atom. The predicted molar refractivity (Wildman–Crippen MR) is 84.6 cm³/mol. The molecule has 1 N–H and O–H groups in total. The molecule has 0 aliphatic heterocycles. The highest BCUT2D eigenvalue weighted by Gasteiger charge is 2.11. The zero-order chi connectivity index (χ0) is 15.5. The molecule has 2 aromatic heterocycles. The van der Waals surface area contributed by atoms with Crippen LogP contribution in [-0.4, -0.2) is 16.7 Å². The number of nitriles is 1. The SMILES string of the molecule is Cc1noc(C)c1CCNc1c(C#N)cnc2ccccc12. The van der Waals surface area contributed by atoms with Crippen molar-refractivity contribution in [2.24, 2.45) is 0 Å². The van der Waals surface area contributed by atoms with Crippen LogP contribution in [0.5, 0.6) is 0 Å². The smallest absolute Gasteiger partial charge is 0.137 e. The molecule has 22 heavy (non-hydrogen) atoms. The molecule has 5 nitrogen and oxygen atoms in total. The minimum atomic E-state index is 0.553. The number of aromatic nitrogens is 2. The zero-order valence-corrected chi connectivity index (χ0v) is 12.6. The van der Waals surface area contributed by atoms with Gasteiger partial charge in [-0.1, -0.05) is 23.4 Å². The van der Waals surface area contributed by atoms with Gasteiger partial charge in [0.15, 0.2) is 0 Å². The standard InChI is InChI=1S/C17H16N4O/c1-11-14(12(2)22-21-11)7-8-19-17-13(9-18)10-20-16-6-4-3-5-15(16)17/h3-6,10H,7-8H2,1-2H3,(H,19,20). The third-order valence-corrected chi connectivity index (χ3v) is 3.75. The number of benzene rings is 1. The van der Waals surface area contributed by atoms with Crippen LogP contribution >= 0.6 is 0 Å². The zero-order valence-electron chi connectivity index (χ0n) is 12.6. The van der Waals surface area contributed by atoms with Gasteiger partial charge in [0, 0.05) is 23.7 Å². The summed E-state index contributed by atoms with van der Waals surface area (Å²) in [5.41, 5.74) is 4.29. The summed E-state index contributed by atoms with van der Waals surface area (Å²) in [6.07, 6.45) is 2.41. The summed E-state index contributed by atoms with van der Waals surface area (Å²) >= 11 is 0.